The van der Waals surface area contributed by atoms with Gasteiger partial charge < -0.3 is 20.5 Å². The summed E-state index contributed by atoms with van der Waals surface area (Å²) in [5, 5.41) is 2.14. The van der Waals surface area contributed by atoms with Gasteiger partial charge in [0.2, 0.25) is 5.82 Å². The first-order valence-corrected chi connectivity index (χ1v) is 10.2. The second-order valence-corrected chi connectivity index (χ2v) is 8.16. The number of nitrogens with two attached hydrogens (primary N) is 1. The predicted molar refractivity (Wildman–Crippen MR) is 108 cm³/mol. The number of carbonyl (C=O) groups excluding carboxylic acids is 2. The summed E-state index contributed by atoms with van der Waals surface area (Å²) in [6.07, 6.45) is -7.18. The molecule has 1 saturated heterocycles. The van der Waals surface area contributed by atoms with Gasteiger partial charge in [0.25, 0.3) is 11.8 Å². The number of amides is 2. The number of nitrogens with one attached hydrogen (secondary N) is 1. The molecule has 0 aromatic heterocycles. The van der Waals surface area contributed by atoms with Gasteiger partial charge in [0.1, 0.15) is 11.9 Å². The van der Waals surface area contributed by atoms with Crippen molar-refractivity contribution < 1.29 is 54.2 Å². The second-order valence-electron chi connectivity index (χ2n) is 8.16. The van der Waals surface area contributed by atoms with Gasteiger partial charge in [-0.2, -0.15) is 26.3 Å². The number of rotatable bonds is 6. The lowest BCUT2D eigenvalue weighted by atomic mass is 9.77. The van der Waals surface area contributed by atoms with E-state index in [1.54, 1.807) is 0 Å². The zero-order chi connectivity index (χ0) is 27.2. The Kier molecular flexibility index (Phi) is 7.22. The topological polar surface area (TPSA) is 90.6 Å². The minimum absolute atomic E-state index is 0.264. The van der Waals surface area contributed by atoms with E-state index in [-0.39, 0.29) is 5.69 Å². The maximum Gasteiger partial charge on any atom is 0.417 e. The zero-order valence-corrected chi connectivity index (χ0v) is 18.4. The Morgan fingerprint density at radius 2 is 1.72 bits per heavy atom. The van der Waals surface area contributed by atoms with Gasteiger partial charge in [-0.05, 0) is 31.2 Å². The molecule has 3 N–H and O–H groups in total. The van der Waals surface area contributed by atoms with Crippen LogP contribution in [0.15, 0.2) is 30.3 Å². The highest BCUT2D eigenvalue weighted by Crippen LogP contribution is 2.55. The molecule has 1 aliphatic rings. The van der Waals surface area contributed by atoms with Gasteiger partial charge in [-0.25, -0.2) is 8.78 Å². The molecule has 1 aliphatic heterocycles. The van der Waals surface area contributed by atoms with Crippen LogP contribution in [-0.2, 0) is 9.53 Å². The normalized spacial score (nSPS) is 24.1. The molecule has 4 atom stereocenters. The number of halogens is 8. The van der Waals surface area contributed by atoms with Crippen molar-refractivity contribution in [3.63, 3.8) is 0 Å². The van der Waals surface area contributed by atoms with Gasteiger partial charge in [-0.3, -0.25) is 9.59 Å². The van der Waals surface area contributed by atoms with Crippen molar-refractivity contribution in [2.24, 2.45) is 11.7 Å². The predicted octanol–water partition coefficient (Wildman–Crippen LogP) is 4.88. The van der Waals surface area contributed by atoms with E-state index in [1.807, 2.05) is 0 Å². The third-order valence-corrected chi connectivity index (χ3v) is 6.07. The van der Waals surface area contributed by atoms with Crippen molar-refractivity contribution in [2.45, 2.75) is 44.3 Å². The average Bonchev–Trinajstić information content (AvgIpc) is 3.04. The number of anilines is 1. The summed E-state index contributed by atoms with van der Waals surface area (Å²) in [5.41, 5.74) is 0.424. The van der Waals surface area contributed by atoms with Crippen LogP contribution in [0.3, 0.4) is 0 Å². The Labute approximate surface area is 198 Å². The molecule has 0 radical (unpaired) electrons. The van der Waals surface area contributed by atoms with Crippen molar-refractivity contribution in [3.8, 4) is 5.75 Å². The molecule has 0 bridgehead atoms. The lowest BCUT2D eigenvalue weighted by Gasteiger charge is -2.32. The van der Waals surface area contributed by atoms with E-state index in [2.05, 4.69) is 10.1 Å². The fourth-order valence-corrected chi connectivity index (χ4v) is 4.05. The van der Waals surface area contributed by atoms with E-state index >= 15 is 0 Å². The first-order chi connectivity index (χ1) is 16.6. The van der Waals surface area contributed by atoms with Crippen LogP contribution in [0.2, 0.25) is 0 Å². The number of hydrogen-bond donors (Lipinski definition) is 2. The molecule has 14 heteroatoms. The van der Waals surface area contributed by atoms with Crippen molar-refractivity contribution in [1.82, 2.24) is 0 Å². The Bertz CT molecular complexity index is 1190. The molecular weight excluding hydrogens is 508 g/mol. The fraction of sp³-hybridized carbons (Fsp3) is 0.364. The van der Waals surface area contributed by atoms with E-state index in [4.69, 9.17) is 10.5 Å². The van der Waals surface area contributed by atoms with Crippen molar-refractivity contribution in [1.29, 1.82) is 0 Å². The summed E-state index contributed by atoms with van der Waals surface area (Å²) in [6, 6.07) is 3.74. The average molecular weight is 526 g/mol. The Balaban J connectivity index is 2.11. The van der Waals surface area contributed by atoms with E-state index in [1.165, 1.54) is 0 Å². The molecule has 1 heterocycles. The van der Waals surface area contributed by atoms with E-state index in [0.717, 1.165) is 25.1 Å². The van der Waals surface area contributed by atoms with Crippen LogP contribution in [0.5, 0.6) is 5.75 Å². The van der Waals surface area contributed by atoms with Gasteiger partial charge in [0.15, 0.2) is 17.2 Å². The molecule has 0 spiro atoms. The molecule has 6 nitrogen and oxygen atoms in total. The largest absolute Gasteiger partial charge is 0.431 e. The first-order valence-electron chi connectivity index (χ1n) is 10.2. The van der Waals surface area contributed by atoms with Crippen LogP contribution in [0.25, 0.3) is 0 Å². The zero-order valence-electron chi connectivity index (χ0n) is 18.4. The number of hydrogen-bond acceptors (Lipinski definition) is 4. The second kappa shape index (κ2) is 9.56. The van der Waals surface area contributed by atoms with Crippen LogP contribution in [0.4, 0.5) is 40.8 Å². The fourth-order valence-electron chi connectivity index (χ4n) is 4.05. The van der Waals surface area contributed by atoms with E-state index < -0.39 is 82.5 Å². The standard InChI is InChI=1S/C22H18F8N2O4/c1-8-14(10-4-6-13(24)15(25)16(10)35-20(26)27)17(36-21(8,2)22(28,29)30)19(34)32-9-3-5-12(23)11(7-9)18(31)33/h3-8,14,17,20H,1-2H3,(H2,31,33)(H,32,34)/t8-,14-,17+,21+/m0/s1. The van der Waals surface area contributed by atoms with Gasteiger partial charge in [0, 0.05) is 23.1 Å². The number of ether oxygens (including phenoxy) is 2. The molecule has 36 heavy (non-hydrogen) atoms. The van der Waals surface area contributed by atoms with Gasteiger partial charge in [-0.15, -0.1) is 0 Å². The summed E-state index contributed by atoms with van der Waals surface area (Å²) in [5.74, 6) is -11.9. The number of benzene rings is 2. The molecule has 0 saturated carbocycles. The van der Waals surface area contributed by atoms with E-state index in [0.29, 0.717) is 19.1 Å². The molecule has 2 aromatic rings. The van der Waals surface area contributed by atoms with Crippen LogP contribution in [0.1, 0.15) is 35.7 Å². The summed E-state index contributed by atoms with van der Waals surface area (Å²) < 4.78 is 119. The quantitative estimate of drug-likeness (QED) is 0.525. The molecule has 196 valence electrons. The van der Waals surface area contributed by atoms with E-state index in [9.17, 15) is 44.7 Å². The molecular formula is C22H18F8N2O4. The number of carbonyl (C=O) groups is 2. The molecule has 1 fully saturated rings. The maximum absolute atomic E-state index is 14.4. The summed E-state index contributed by atoms with van der Waals surface area (Å²) in [4.78, 5) is 24.4. The molecule has 3 rings (SSSR count). The lowest BCUT2D eigenvalue weighted by Crippen LogP contribution is -2.47. The Morgan fingerprint density at radius 3 is 2.28 bits per heavy atom. The summed E-state index contributed by atoms with van der Waals surface area (Å²) in [7, 11) is 0. The van der Waals surface area contributed by atoms with Crippen molar-refractivity contribution >= 4 is 17.5 Å². The minimum atomic E-state index is -5.09. The SMILES string of the molecule is C[C@H]1[C@@H](c2ccc(F)c(F)c2OC(F)F)[C@H](C(=O)Nc2ccc(F)c(C(N)=O)c2)O[C@@]1(C)C(F)(F)F. The van der Waals surface area contributed by atoms with Crippen LogP contribution < -0.4 is 15.8 Å². The summed E-state index contributed by atoms with van der Waals surface area (Å²) in [6.45, 7) is -2.08. The Hall–Kier alpha value is -3.42. The minimum Gasteiger partial charge on any atom is -0.431 e. The molecule has 2 amide bonds. The van der Waals surface area contributed by atoms with Gasteiger partial charge >= 0.3 is 12.8 Å². The maximum atomic E-state index is 14.4. The number of alkyl halides is 5. The third kappa shape index (κ3) is 4.81. The number of primary amides is 1. The summed E-state index contributed by atoms with van der Waals surface area (Å²) >= 11 is 0. The third-order valence-electron chi connectivity index (χ3n) is 6.07. The highest BCUT2D eigenvalue weighted by atomic mass is 19.4. The highest BCUT2D eigenvalue weighted by Gasteiger charge is 2.66. The van der Waals surface area contributed by atoms with Crippen LogP contribution >= 0.6 is 0 Å². The smallest absolute Gasteiger partial charge is 0.417 e. The van der Waals surface area contributed by atoms with Gasteiger partial charge in [0.05, 0.1) is 5.56 Å². The first kappa shape index (κ1) is 27.2. The van der Waals surface area contributed by atoms with Crippen molar-refractivity contribution in [2.75, 3.05) is 5.32 Å². The van der Waals surface area contributed by atoms with Crippen molar-refractivity contribution in [3.05, 3.63) is 58.9 Å². The molecule has 2 aromatic carbocycles. The van der Waals surface area contributed by atoms with Crippen LogP contribution in [-0.4, -0.2) is 36.3 Å². The molecule has 0 aliphatic carbocycles. The molecule has 0 unspecified atom stereocenters. The highest BCUT2D eigenvalue weighted by molar-refractivity contribution is 5.98. The Morgan fingerprint density at radius 1 is 1.11 bits per heavy atom. The lowest BCUT2D eigenvalue weighted by molar-refractivity contribution is -0.272. The van der Waals surface area contributed by atoms with Gasteiger partial charge in [-0.1, -0.05) is 13.0 Å². The monoisotopic (exact) mass is 526 g/mol. The van der Waals surface area contributed by atoms with Crippen LogP contribution in [0, 0.1) is 23.4 Å².